The number of halogens is 3. The van der Waals surface area contributed by atoms with Crippen molar-refractivity contribution in [1.82, 2.24) is 15.1 Å². The number of hydrogen-bond acceptors (Lipinski definition) is 3. The van der Waals surface area contributed by atoms with Crippen LogP contribution in [0.1, 0.15) is 28.5 Å². The highest BCUT2D eigenvalue weighted by molar-refractivity contribution is 9.10. The first-order valence-corrected chi connectivity index (χ1v) is 10.2. The van der Waals surface area contributed by atoms with Gasteiger partial charge in [-0.05, 0) is 58.7 Å². The molecule has 1 aromatic heterocycles. The van der Waals surface area contributed by atoms with Crippen molar-refractivity contribution < 1.29 is 9.53 Å². The fourth-order valence-corrected chi connectivity index (χ4v) is 3.56. The van der Waals surface area contributed by atoms with Crippen molar-refractivity contribution in [1.29, 1.82) is 0 Å². The minimum Gasteiger partial charge on any atom is -0.487 e. The lowest BCUT2D eigenvalue weighted by Crippen LogP contribution is -2.24. The van der Waals surface area contributed by atoms with Crippen molar-refractivity contribution in [2.24, 2.45) is 0 Å². The van der Waals surface area contributed by atoms with Crippen LogP contribution in [-0.2, 0) is 19.7 Å². The van der Waals surface area contributed by atoms with E-state index in [1.807, 2.05) is 23.7 Å². The fraction of sp³-hybridized carbons (Fsp3) is 0.200. The second kappa shape index (κ2) is 9.45. The lowest BCUT2D eigenvalue weighted by Gasteiger charge is -2.11. The maximum absolute atomic E-state index is 12.5. The van der Waals surface area contributed by atoms with Crippen LogP contribution >= 0.6 is 39.1 Å². The Morgan fingerprint density at radius 2 is 2.07 bits per heavy atom. The second-order valence-corrected chi connectivity index (χ2v) is 7.70. The number of rotatable bonds is 7. The number of nitrogens with zero attached hydrogens (tertiary/aromatic N) is 2. The highest BCUT2D eigenvalue weighted by Gasteiger charge is 2.11. The van der Waals surface area contributed by atoms with Gasteiger partial charge in [0, 0.05) is 17.1 Å². The van der Waals surface area contributed by atoms with E-state index in [2.05, 4.69) is 26.3 Å². The number of aryl methyl sites for hydroxylation is 1. The molecule has 3 rings (SSSR count). The Kier molecular flexibility index (Phi) is 6.99. The van der Waals surface area contributed by atoms with Gasteiger partial charge < -0.3 is 10.1 Å². The van der Waals surface area contributed by atoms with Crippen molar-refractivity contribution in [2.45, 2.75) is 26.6 Å². The van der Waals surface area contributed by atoms with Gasteiger partial charge in [0.25, 0.3) is 5.91 Å². The third-order valence-electron chi connectivity index (χ3n) is 4.09. The number of benzene rings is 2. The van der Waals surface area contributed by atoms with Crippen molar-refractivity contribution in [2.75, 3.05) is 0 Å². The molecule has 1 amide bonds. The zero-order valence-electron chi connectivity index (χ0n) is 15.1. The number of aromatic nitrogens is 2. The molecular formula is C20H18BrCl2N3O2. The molecule has 0 aliphatic rings. The molecule has 0 bridgehead atoms. The Hall–Kier alpha value is -2.02. The van der Waals surface area contributed by atoms with Crippen LogP contribution < -0.4 is 10.1 Å². The first-order valence-electron chi connectivity index (χ1n) is 8.63. The summed E-state index contributed by atoms with van der Waals surface area (Å²) in [5.41, 5.74) is 2.34. The molecule has 0 aliphatic heterocycles. The van der Waals surface area contributed by atoms with E-state index in [1.165, 1.54) is 0 Å². The summed E-state index contributed by atoms with van der Waals surface area (Å²) >= 11 is 15.5. The Morgan fingerprint density at radius 3 is 2.82 bits per heavy atom. The van der Waals surface area contributed by atoms with Gasteiger partial charge in [0.1, 0.15) is 12.4 Å². The van der Waals surface area contributed by atoms with Crippen LogP contribution in [0.4, 0.5) is 0 Å². The van der Waals surface area contributed by atoms with Gasteiger partial charge in [-0.3, -0.25) is 9.48 Å². The fourth-order valence-electron chi connectivity index (χ4n) is 2.66. The summed E-state index contributed by atoms with van der Waals surface area (Å²) in [5.74, 6) is 0.376. The van der Waals surface area contributed by atoms with E-state index in [9.17, 15) is 4.79 Å². The average Bonchev–Trinajstić information content (AvgIpc) is 3.05. The monoisotopic (exact) mass is 481 g/mol. The highest BCUT2D eigenvalue weighted by atomic mass is 79.9. The van der Waals surface area contributed by atoms with Crippen LogP contribution in [0.5, 0.6) is 5.75 Å². The van der Waals surface area contributed by atoms with E-state index in [0.29, 0.717) is 27.9 Å². The lowest BCUT2D eigenvalue weighted by molar-refractivity contribution is 0.0949. The normalized spacial score (nSPS) is 10.7. The van der Waals surface area contributed by atoms with Crippen molar-refractivity contribution in [3.63, 3.8) is 0 Å². The molecule has 0 fully saturated rings. The molecule has 5 nitrogen and oxygen atoms in total. The van der Waals surface area contributed by atoms with Crippen LogP contribution in [0.15, 0.2) is 53.1 Å². The minimum atomic E-state index is -0.165. The molecule has 0 atom stereocenters. The smallest absolute Gasteiger partial charge is 0.251 e. The summed E-state index contributed by atoms with van der Waals surface area (Å²) in [5, 5.41) is 8.17. The van der Waals surface area contributed by atoms with Crippen molar-refractivity contribution in [3.8, 4) is 5.75 Å². The van der Waals surface area contributed by atoms with Crippen LogP contribution in [0.3, 0.4) is 0 Å². The third-order valence-corrected chi connectivity index (χ3v) is 5.28. The standard InChI is InChI=1S/C20H18BrCl2N3O2/c1-2-26-18(16(21)10-25-26)11-24-20(27)14-5-3-4-13(8-14)12-28-19-7-6-15(22)9-17(19)23/h3-10H,2,11-12H2,1H3,(H,24,27). The van der Waals surface area contributed by atoms with Crippen molar-refractivity contribution in [3.05, 3.63) is 80.0 Å². The Balaban J connectivity index is 1.63. The van der Waals surface area contributed by atoms with Gasteiger partial charge >= 0.3 is 0 Å². The third kappa shape index (κ3) is 5.07. The number of carbonyl (C=O) groups excluding carboxylic acids is 1. The topological polar surface area (TPSA) is 56.2 Å². The Morgan fingerprint density at radius 1 is 1.25 bits per heavy atom. The van der Waals surface area contributed by atoms with E-state index >= 15 is 0 Å². The molecule has 0 aliphatic carbocycles. The zero-order chi connectivity index (χ0) is 20.1. The summed E-state index contributed by atoms with van der Waals surface area (Å²) in [6.45, 7) is 3.41. The first-order chi connectivity index (χ1) is 13.5. The Bertz CT molecular complexity index is 991. The number of amides is 1. The molecule has 2 aromatic carbocycles. The van der Waals surface area contributed by atoms with Gasteiger partial charge in [0.15, 0.2) is 0 Å². The van der Waals surface area contributed by atoms with Crippen LogP contribution in [0.2, 0.25) is 10.0 Å². The molecule has 0 unspecified atom stereocenters. The van der Waals surface area contributed by atoms with E-state index in [1.54, 1.807) is 36.5 Å². The van der Waals surface area contributed by atoms with Crippen molar-refractivity contribution >= 4 is 45.0 Å². The van der Waals surface area contributed by atoms with Gasteiger partial charge in [0.05, 0.1) is 27.9 Å². The SMILES string of the molecule is CCn1ncc(Br)c1CNC(=O)c1cccc(COc2ccc(Cl)cc2Cl)c1. The number of hydrogen-bond donors (Lipinski definition) is 1. The maximum Gasteiger partial charge on any atom is 0.251 e. The number of carbonyl (C=O) groups is 1. The molecule has 0 saturated carbocycles. The molecule has 0 saturated heterocycles. The second-order valence-electron chi connectivity index (χ2n) is 6.00. The van der Waals surface area contributed by atoms with Gasteiger partial charge in [0.2, 0.25) is 0 Å². The van der Waals surface area contributed by atoms with E-state index in [-0.39, 0.29) is 12.5 Å². The zero-order valence-corrected chi connectivity index (χ0v) is 18.2. The molecule has 0 radical (unpaired) electrons. The average molecular weight is 483 g/mol. The van der Waals surface area contributed by atoms with Crippen LogP contribution in [0, 0.1) is 0 Å². The van der Waals surface area contributed by atoms with Gasteiger partial charge in [-0.2, -0.15) is 5.10 Å². The molecule has 28 heavy (non-hydrogen) atoms. The first kappa shape index (κ1) is 20.7. The van der Waals surface area contributed by atoms with E-state index in [4.69, 9.17) is 27.9 Å². The summed E-state index contributed by atoms with van der Waals surface area (Å²) in [6.07, 6.45) is 1.73. The van der Waals surface area contributed by atoms with E-state index in [0.717, 1.165) is 22.3 Å². The van der Waals surface area contributed by atoms with Gasteiger partial charge in [-0.25, -0.2) is 0 Å². The molecular weight excluding hydrogens is 465 g/mol. The number of ether oxygens (including phenoxy) is 1. The predicted molar refractivity (Wildman–Crippen MR) is 114 cm³/mol. The molecule has 1 heterocycles. The summed E-state index contributed by atoms with van der Waals surface area (Å²) in [7, 11) is 0. The van der Waals surface area contributed by atoms with E-state index < -0.39 is 0 Å². The molecule has 1 N–H and O–H groups in total. The highest BCUT2D eigenvalue weighted by Crippen LogP contribution is 2.28. The molecule has 0 spiro atoms. The maximum atomic E-state index is 12.5. The number of nitrogens with one attached hydrogen (secondary N) is 1. The minimum absolute atomic E-state index is 0.165. The van der Waals surface area contributed by atoms with Crippen LogP contribution in [0.25, 0.3) is 0 Å². The summed E-state index contributed by atoms with van der Waals surface area (Å²) in [6, 6.07) is 12.3. The quantitative estimate of drug-likeness (QED) is 0.485. The summed E-state index contributed by atoms with van der Waals surface area (Å²) < 4.78 is 8.45. The van der Waals surface area contributed by atoms with Gasteiger partial charge in [-0.15, -0.1) is 0 Å². The lowest BCUT2D eigenvalue weighted by atomic mass is 10.1. The molecule has 8 heteroatoms. The molecule has 3 aromatic rings. The predicted octanol–water partition coefficient (Wildman–Crippen LogP) is 5.48. The Labute approximate surface area is 181 Å². The largest absolute Gasteiger partial charge is 0.487 e. The van der Waals surface area contributed by atoms with Gasteiger partial charge in [-0.1, -0.05) is 35.3 Å². The molecule has 146 valence electrons. The summed E-state index contributed by atoms with van der Waals surface area (Å²) in [4.78, 5) is 12.5. The van der Waals surface area contributed by atoms with Crippen LogP contribution in [-0.4, -0.2) is 15.7 Å².